The van der Waals surface area contributed by atoms with Gasteiger partial charge >= 0.3 is 6.18 Å². The summed E-state index contributed by atoms with van der Waals surface area (Å²) in [7, 11) is -3.27. The van der Waals surface area contributed by atoms with Crippen LogP contribution in [0.1, 0.15) is 11.5 Å². The number of piperazine rings is 1. The highest BCUT2D eigenvalue weighted by Crippen LogP contribution is 2.31. The standard InChI is InChI=1S/C17H19F3N2O3S.C6H6/c1-26(23,24)15-4-2-3-13(11-15)22-9-7-21(8-10-22)12-14-5-6-16(25-14)17(18,19)20;1-2-4-6-5-3-1/h2-6,11H,7-10,12H2,1H3;1-6H. The molecule has 9 heteroatoms. The molecule has 1 fully saturated rings. The second-order valence-corrected chi connectivity index (χ2v) is 9.47. The van der Waals surface area contributed by atoms with Crippen LogP contribution in [0.25, 0.3) is 0 Å². The van der Waals surface area contributed by atoms with E-state index in [-0.39, 0.29) is 10.7 Å². The molecule has 4 rings (SSSR count). The molecule has 0 amide bonds. The van der Waals surface area contributed by atoms with E-state index < -0.39 is 21.8 Å². The minimum Gasteiger partial charge on any atom is -0.455 e. The third kappa shape index (κ3) is 6.86. The smallest absolute Gasteiger partial charge is 0.449 e. The van der Waals surface area contributed by atoms with E-state index in [4.69, 9.17) is 4.42 Å². The molecule has 0 saturated carbocycles. The highest BCUT2D eigenvalue weighted by atomic mass is 32.2. The lowest BCUT2D eigenvalue weighted by Crippen LogP contribution is -2.45. The van der Waals surface area contributed by atoms with E-state index in [2.05, 4.69) is 4.90 Å². The van der Waals surface area contributed by atoms with Crippen molar-refractivity contribution in [1.29, 1.82) is 0 Å². The Bertz CT molecular complexity index is 1060. The topological polar surface area (TPSA) is 53.8 Å². The van der Waals surface area contributed by atoms with Gasteiger partial charge in [0.25, 0.3) is 0 Å². The van der Waals surface area contributed by atoms with Crippen LogP contribution in [0.4, 0.5) is 18.9 Å². The van der Waals surface area contributed by atoms with E-state index in [1.54, 1.807) is 18.2 Å². The Kier molecular flexibility index (Phi) is 7.63. The quantitative estimate of drug-likeness (QED) is 0.558. The molecule has 0 unspecified atom stereocenters. The van der Waals surface area contributed by atoms with Crippen LogP contribution in [0.5, 0.6) is 0 Å². The molecule has 3 aromatic rings. The van der Waals surface area contributed by atoms with Crippen molar-refractivity contribution in [2.45, 2.75) is 17.6 Å². The molecule has 1 aliphatic rings. The van der Waals surface area contributed by atoms with Crippen molar-refractivity contribution in [3.05, 3.63) is 84.3 Å². The number of hydrogen-bond acceptors (Lipinski definition) is 5. The van der Waals surface area contributed by atoms with Crippen LogP contribution in [0.3, 0.4) is 0 Å². The van der Waals surface area contributed by atoms with Gasteiger partial charge in [-0.25, -0.2) is 8.42 Å². The Balaban J connectivity index is 0.000000416. The number of anilines is 1. The van der Waals surface area contributed by atoms with E-state index in [0.717, 1.165) is 11.8 Å². The molecule has 0 bridgehead atoms. The first kappa shape index (κ1) is 23.9. The number of benzene rings is 2. The summed E-state index contributed by atoms with van der Waals surface area (Å²) in [5, 5.41) is 0. The molecule has 172 valence electrons. The van der Waals surface area contributed by atoms with Gasteiger partial charge in [-0.15, -0.1) is 0 Å². The van der Waals surface area contributed by atoms with E-state index >= 15 is 0 Å². The Hall–Kier alpha value is -2.78. The molecule has 0 atom stereocenters. The zero-order chi connectivity index (χ0) is 23.2. The number of sulfone groups is 1. The molecule has 1 aliphatic heterocycles. The summed E-state index contributed by atoms with van der Waals surface area (Å²) in [5.74, 6) is -0.700. The fraction of sp³-hybridized carbons (Fsp3) is 0.304. The summed E-state index contributed by atoms with van der Waals surface area (Å²) in [5.41, 5.74) is 0.824. The third-order valence-electron chi connectivity index (χ3n) is 4.97. The lowest BCUT2D eigenvalue weighted by molar-refractivity contribution is -0.153. The monoisotopic (exact) mass is 466 g/mol. The van der Waals surface area contributed by atoms with Crippen LogP contribution in [0.2, 0.25) is 0 Å². The highest BCUT2D eigenvalue weighted by molar-refractivity contribution is 7.90. The van der Waals surface area contributed by atoms with Gasteiger partial charge in [0.15, 0.2) is 9.84 Å². The normalized spacial score (nSPS) is 15.2. The predicted octanol–water partition coefficient (Wildman–Crippen LogP) is 4.71. The van der Waals surface area contributed by atoms with Gasteiger partial charge in [-0.2, -0.15) is 13.2 Å². The Morgan fingerprint density at radius 3 is 1.97 bits per heavy atom. The molecule has 0 N–H and O–H groups in total. The lowest BCUT2D eigenvalue weighted by atomic mass is 10.2. The summed E-state index contributed by atoms with van der Waals surface area (Å²) >= 11 is 0. The fourth-order valence-corrected chi connectivity index (χ4v) is 3.96. The Morgan fingerprint density at radius 2 is 1.47 bits per heavy atom. The fourth-order valence-electron chi connectivity index (χ4n) is 3.30. The van der Waals surface area contributed by atoms with Crippen LogP contribution < -0.4 is 4.90 Å². The molecular weight excluding hydrogens is 441 g/mol. The van der Waals surface area contributed by atoms with Gasteiger partial charge in [0.1, 0.15) is 5.76 Å². The summed E-state index contributed by atoms with van der Waals surface area (Å²) in [6, 6.07) is 21.1. The number of nitrogens with zero attached hydrogens (tertiary/aromatic N) is 2. The maximum Gasteiger partial charge on any atom is 0.449 e. The van der Waals surface area contributed by atoms with Crippen LogP contribution in [0, 0.1) is 0 Å². The first-order chi connectivity index (χ1) is 15.1. The van der Waals surface area contributed by atoms with Crippen LogP contribution in [0.15, 0.2) is 82.1 Å². The average Bonchev–Trinajstić information content (AvgIpc) is 3.25. The maximum absolute atomic E-state index is 12.6. The second kappa shape index (κ2) is 10.2. The Morgan fingerprint density at radius 1 is 0.875 bits per heavy atom. The van der Waals surface area contributed by atoms with E-state index in [1.807, 2.05) is 47.4 Å². The Labute approximate surface area is 186 Å². The summed E-state index contributed by atoms with van der Waals surface area (Å²) in [6.07, 6.45) is -3.30. The molecule has 0 radical (unpaired) electrons. The SMILES string of the molecule is CS(=O)(=O)c1cccc(N2CCN(Cc3ccc(C(F)(F)F)o3)CC2)c1.c1ccccc1. The van der Waals surface area contributed by atoms with Crippen molar-refractivity contribution >= 4 is 15.5 Å². The minimum absolute atomic E-state index is 0.271. The molecule has 2 aromatic carbocycles. The lowest BCUT2D eigenvalue weighted by Gasteiger charge is -2.35. The van der Waals surface area contributed by atoms with Crippen molar-refractivity contribution in [3.8, 4) is 0 Å². The molecule has 0 spiro atoms. The molecule has 2 heterocycles. The number of furan rings is 1. The van der Waals surface area contributed by atoms with Gasteiger partial charge < -0.3 is 9.32 Å². The minimum atomic E-state index is -4.47. The summed E-state index contributed by atoms with van der Waals surface area (Å²) in [6.45, 7) is 2.91. The molecular formula is C23H25F3N2O3S. The van der Waals surface area contributed by atoms with Gasteiger partial charge in [-0.3, -0.25) is 4.90 Å². The third-order valence-corrected chi connectivity index (χ3v) is 6.08. The molecule has 0 aliphatic carbocycles. The number of halogens is 3. The second-order valence-electron chi connectivity index (χ2n) is 7.45. The van der Waals surface area contributed by atoms with E-state index in [9.17, 15) is 21.6 Å². The largest absolute Gasteiger partial charge is 0.455 e. The van der Waals surface area contributed by atoms with Crippen molar-refractivity contribution in [1.82, 2.24) is 4.90 Å². The first-order valence-corrected chi connectivity index (χ1v) is 12.0. The molecule has 1 aromatic heterocycles. The predicted molar refractivity (Wildman–Crippen MR) is 117 cm³/mol. The van der Waals surface area contributed by atoms with Crippen LogP contribution >= 0.6 is 0 Å². The van der Waals surface area contributed by atoms with Crippen molar-refractivity contribution < 1.29 is 26.0 Å². The number of rotatable bonds is 4. The highest BCUT2D eigenvalue weighted by Gasteiger charge is 2.35. The first-order valence-electron chi connectivity index (χ1n) is 10.1. The van der Waals surface area contributed by atoms with Gasteiger partial charge in [0.2, 0.25) is 5.76 Å². The molecule has 5 nitrogen and oxygen atoms in total. The van der Waals surface area contributed by atoms with Crippen LogP contribution in [-0.4, -0.2) is 45.8 Å². The average molecular weight is 467 g/mol. The van der Waals surface area contributed by atoms with Crippen molar-refractivity contribution in [2.24, 2.45) is 0 Å². The maximum atomic E-state index is 12.6. The molecule has 32 heavy (non-hydrogen) atoms. The zero-order valence-electron chi connectivity index (χ0n) is 17.6. The molecule has 1 saturated heterocycles. The van der Waals surface area contributed by atoms with Gasteiger partial charge in [-0.1, -0.05) is 42.5 Å². The van der Waals surface area contributed by atoms with Crippen molar-refractivity contribution in [3.63, 3.8) is 0 Å². The zero-order valence-corrected chi connectivity index (χ0v) is 18.4. The van der Waals surface area contributed by atoms with E-state index in [0.29, 0.717) is 32.7 Å². The summed E-state index contributed by atoms with van der Waals surface area (Å²) in [4.78, 5) is 4.34. The summed E-state index contributed by atoms with van der Waals surface area (Å²) < 4.78 is 66.0. The van der Waals surface area contributed by atoms with Gasteiger partial charge in [0, 0.05) is 38.1 Å². The number of alkyl halides is 3. The van der Waals surface area contributed by atoms with Gasteiger partial charge in [-0.05, 0) is 30.3 Å². The van der Waals surface area contributed by atoms with Crippen LogP contribution in [-0.2, 0) is 22.6 Å². The van der Waals surface area contributed by atoms with Gasteiger partial charge in [0.05, 0.1) is 11.4 Å². The van der Waals surface area contributed by atoms with E-state index in [1.165, 1.54) is 12.3 Å². The van der Waals surface area contributed by atoms with Crippen molar-refractivity contribution in [2.75, 3.05) is 37.3 Å². The number of hydrogen-bond donors (Lipinski definition) is 0.